The van der Waals surface area contributed by atoms with Gasteiger partial charge in [-0.25, -0.2) is 0 Å². The minimum atomic E-state index is -1.77. The van der Waals surface area contributed by atoms with Gasteiger partial charge in [-0.05, 0) is 19.9 Å². The Labute approximate surface area is 218 Å². The Hall–Kier alpha value is -3.06. The number of nitrogens with one attached hydrogen (secondary N) is 1. The molecule has 11 nitrogen and oxygen atoms in total. The highest BCUT2D eigenvalue weighted by Crippen LogP contribution is 2.52. The van der Waals surface area contributed by atoms with Crippen LogP contribution in [0.2, 0.25) is 0 Å². The van der Waals surface area contributed by atoms with E-state index < -0.39 is 59.6 Å². The van der Waals surface area contributed by atoms with Crippen molar-refractivity contribution in [2.24, 2.45) is 5.73 Å². The number of phenolic OH excluding ortho intramolecular Hbond substituents is 2. The second-order valence-electron chi connectivity index (χ2n) is 10.4. The van der Waals surface area contributed by atoms with Crippen molar-refractivity contribution >= 4 is 11.5 Å². The first-order valence-electron chi connectivity index (χ1n) is 12.5. The fourth-order valence-corrected chi connectivity index (χ4v) is 5.78. The fourth-order valence-electron chi connectivity index (χ4n) is 5.78. The molecule has 0 radical (unpaired) electrons. The van der Waals surface area contributed by atoms with Crippen LogP contribution < -0.4 is 10.5 Å². The summed E-state index contributed by atoms with van der Waals surface area (Å²) >= 11 is 0. The number of rotatable bonds is 4. The monoisotopic (exact) mass is 528 g/mol. The number of hydrogen-bond acceptors (Lipinski definition) is 11. The van der Waals surface area contributed by atoms with Gasteiger partial charge in [0.25, 0.3) is 0 Å². The van der Waals surface area contributed by atoms with E-state index in [1.165, 1.54) is 20.1 Å². The lowest BCUT2D eigenvalue weighted by Crippen LogP contribution is -2.53. The highest BCUT2D eigenvalue weighted by molar-refractivity contribution is 6.32. The summed E-state index contributed by atoms with van der Waals surface area (Å²) in [4.78, 5) is 13.6. The number of fused-ring (bicyclic) bond motifs is 3. The number of carbonyl (C=O) groups excluding carboxylic acids is 1. The van der Waals surface area contributed by atoms with Crippen LogP contribution >= 0.6 is 0 Å². The van der Waals surface area contributed by atoms with Gasteiger partial charge in [-0.2, -0.15) is 0 Å². The lowest BCUT2D eigenvalue weighted by molar-refractivity contribution is -0.250. The summed E-state index contributed by atoms with van der Waals surface area (Å²) in [6.45, 7) is 3.03. The summed E-state index contributed by atoms with van der Waals surface area (Å²) in [6.07, 6.45) is -5.21. The molecule has 1 saturated heterocycles. The van der Waals surface area contributed by atoms with E-state index in [0.717, 1.165) is 0 Å². The molecular weight excluding hydrogens is 496 g/mol. The number of methoxy groups -OCH3 is 1. The molecule has 0 aromatic heterocycles. The minimum Gasteiger partial charge on any atom is -0.507 e. The summed E-state index contributed by atoms with van der Waals surface area (Å²) in [7, 11) is 1.40. The maximum Gasteiger partial charge on any atom is 0.198 e. The molecule has 0 bridgehead atoms. The number of benzene rings is 2. The first-order chi connectivity index (χ1) is 17.9. The number of ketones is 1. The molecule has 5 rings (SSSR count). The van der Waals surface area contributed by atoms with Crippen molar-refractivity contribution < 1.29 is 44.5 Å². The Morgan fingerprint density at radius 1 is 1.21 bits per heavy atom. The molecule has 204 valence electrons. The van der Waals surface area contributed by atoms with Crippen LogP contribution in [0, 0.1) is 5.41 Å². The minimum absolute atomic E-state index is 0.0292. The molecule has 38 heavy (non-hydrogen) atoms. The highest BCUT2D eigenvalue weighted by Gasteiger charge is 2.48. The number of nitrogens with two attached hydrogens (primary N) is 1. The molecule has 1 aliphatic heterocycles. The second-order valence-corrected chi connectivity index (χ2v) is 10.4. The summed E-state index contributed by atoms with van der Waals surface area (Å²) in [5, 5.41) is 63.8. The maximum absolute atomic E-state index is 13.6. The normalized spacial score (nSPS) is 31.3. The van der Waals surface area contributed by atoms with Gasteiger partial charge in [0.15, 0.2) is 12.1 Å². The standard InChI is InChI=1S/C27H32N2O9/c1-10-23(31)14(28)7-17(37-10)38-16-9-27(35,11(2)30)8-13-19(16)26(34)20-21(25(13)33)24(32)12-5-4-6-15(36-3)18(12)22(20)29/h4-6,10-11,14,16-17,23,29-31,33-35H,7-9,28H2,1-3H3/t10-,11?,14-,16?,17-,23+,27?/m0/s1. The first kappa shape index (κ1) is 26.5. The van der Waals surface area contributed by atoms with E-state index in [2.05, 4.69) is 0 Å². The zero-order chi connectivity index (χ0) is 27.7. The molecular formula is C27H32N2O9. The van der Waals surface area contributed by atoms with Gasteiger partial charge >= 0.3 is 0 Å². The van der Waals surface area contributed by atoms with Gasteiger partial charge < -0.3 is 45.5 Å². The van der Waals surface area contributed by atoms with Gasteiger partial charge in [-0.15, -0.1) is 0 Å². The molecule has 3 unspecified atom stereocenters. The van der Waals surface area contributed by atoms with E-state index in [4.69, 9.17) is 25.4 Å². The molecule has 1 heterocycles. The van der Waals surface area contributed by atoms with Crippen LogP contribution in [0.25, 0.3) is 0 Å². The molecule has 8 N–H and O–H groups in total. The smallest absolute Gasteiger partial charge is 0.198 e. The molecule has 11 heteroatoms. The predicted octanol–water partition coefficient (Wildman–Crippen LogP) is 1.01. The van der Waals surface area contributed by atoms with Crippen molar-refractivity contribution in [3.63, 3.8) is 0 Å². The average molecular weight is 529 g/mol. The Bertz CT molecular complexity index is 1310. The van der Waals surface area contributed by atoms with Crippen LogP contribution in [0.15, 0.2) is 18.2 Å². The fraction of sp³-hybridized carbons (Fsp3) is 0.481. The third kappa shape index (κ3) is 3.89. The molecule has 2 aromatic rings. The zero-order valence-corrected chi connectivity index (χ0v) is 21.3. The van der Waals surface area contributed by atoms with Crippen LogP contribution in [-0.2, 0) is 15.9 Å². The van der Waals surface area contributed by atoms with Gasteiger partial charge in [0, 0.05) is 42.0 Å². The number of aliphatic hydroxyl groups excluding tert-OH is 2. The van der Waals surface area contributed by atoms with Crippen molar-refractivity contribution in [2.75, 3.05) is 7.11 Å². The number of phenols is 2. The first-order valence-corrected chi connectivity index (χ1v) is 12.5. The quantitative estimate of drug-likeness (QED) is 0.240. The number of aromatic hydroxyl groups is 2. The van der Waals surface area contributed by atoms with Gasteiger partial charge in [-0.1, -0.05) is 12.1 Å². The molecule has 0 saturated carbocycles. The van der Waals surface area contributed by atoms with Crippen molar-refractivity contribution in [3.05, 3.63) is 51.6 Å². The van der Waals surface area contributed by atoms with Crippen molar-refractivity contribution in [3.8, 4) is 17.2 Å². The third-order valence-corrected chi connectivity index (χ3v) is 8.00. The van der Waals surface area contributed by atoms with E-state index >= 15 is 0 Å². The largest absolute Gasteiger partial charge is 0.507 e. The summed E-state index contributed by atoms with van der Waals surface area (Å²) in [5.41, 5.74) is 4.03. The summed E-state index contributed by atoms with van der Waals surface area (Å²) in [6, 6.07) is 4.04. The highest BCUT2D eigenvalue weighted by atomic mass is 16.7. The van der Waals surface area contributed by atoms with Crippen LogP contribution in [0.3, 0.4) is 0 Å². The second kappa shape index (κ2) is 9.30. The zero-order valence-electron chi connectivity index (χ0n) is 21.3. The molecule has 3 aliphatic rings. The van der Waals surface area contributed by atoms with Crippen LogP contribution in [0.5, 0.6) is 17.2 Å². The lowest BCUT2D eigenvalue weighted by Gasteiger charge is -2.44. The van der Waals surface area contributed by atoms with Crippen LogP contribution in [0.4, 0.5) is 0 Å². The Balaban J connectivity index is 1.68. The van der Waals surface area contributed by atoms with E-state index in [-0.39, 0.29) is 64.1 Å². The van der Waals surface area contributed by atoms with Gasteiger partial charge in [0.2, 0.25) is 0 Å². The van der Waals surface area contributed by atoms with Gasteiger partial charge in [-0.3, -0.25) is 10.2 Å². The van der Waals surface area contributed by atoms with Gasteiger partial charge in [0.05, 0.1) is 59.5 Å². The lowest BCUT2D eigenvalue weighted by atomic mass is 9.71. The Morgan fingerprint density at radius 2 is 1.92 bits per heavy atom. The van der Waals surface area contributed by atoms with Crippen LogP contribution in [-0.4, -0.2) is 80.4 Å². The van der Waals surface area contributed by atoms with Crippen molar-refractivity contribution in [2.45, 2.75) is 75.5 Å². The average Bonchev–Trinajstić information content (AvgIpc) is 2.87. The Morgan fingerprint density at radius 3 is 2.55 bits per heavy atom. The molecule has 2 aromatic carbocycles. The van der Waals surface area contributed by atoms with E-state index in [9.17, 15) is 30.3 Å². The van der Waals surface area contributed by atoms with Crippen molar-refractivity contribution in [1.82, 2.24) is 0 Å². The molecule has 2 aliphatic carbocycles. The molecule has 7 atom stereocenters. The summed E-state index contributed by atoms with van der Waals surface area (Å²) in [5.74, 6) is -1.31. The number of aliphatic hydroxyl groups is 3. The van der Waals surface area contributed by atoms with Crippen LogP contribution in [0.1, 0.15) is 71.0 Å². The number of carbonyl (C=O) groups is 1. The van der Waals surface area contributed by atoms with Gasteiger partial charge in [0.1, 0.15) is 17.2 Å². The summed E-state index contributed by atoms with van der Waals surface area (Å²) < 4.78 is 17.3. The number of ether oxygens (including phenoxy) is 3. The van der Waals surface area contributed by atoms with E-state index in [1.807, 2.05) is 0 Å². The van der Waals surface area contributed by atoms with E-state index in [0.29, 0.717) is 0 Å². The molecule has 1 fully saturated rings. The molecule has 0 amide bonds. The third-order valence-electron chi connectivity index (χ3n) is 8.00. The topological polar surface area (TPSA) is 196 Å². The van der Waals surface area contributed by atoms with E-state index in [1.54, 1.807) is 19.1 Å². The number of hydrogen-bond donors (Lipinski definition) is 7. The van der Waals surface area contributed by atoms with Crippen molar-refractivity contribution in [1.29, 1.82) is 5.41 Å². The maximum atomic E-state index is 13.6. The predicted molar refractivity (Wildman–Crippen MR) is 134 cm³/mol. The molecule has 0 spiro atoms. The Kier molecular flexibility index (Phi) is 6.49. The SMILES string of the molecule is COc1cccc2c1C(=N)c1c(O)c3c(c(O)c1C2=O)CC(O)(C(C)O)CC3O[C@H]1C[C@H](N)[C@H](O)[C@H](C)O1.